The van der Waals surface area contributed by atoms with Gasteiger partial charge in [0.05, 0.1) is 0 Å². The predicted molar refractivity (Wildman–Crippen MR) is 53.6 cm³/mol. The van der Waals surface area contributed by atoms with Crippen molar-refractivity contribution in [3.63, 3.8) is 0 Å². The quantitative estimate of drug-likeness (QED) is 0.737. The molecule has 0 aliphatic carbocycles. The van der Waals surface area contributed by atoms with Gasteiger partial charge in [-0.15, -0.1) is 12.4 Å². The number of rotatable bonds is 1. The maximum absolute atomic E-state index is 13.2. The van der Waals surface area contributed by atoms with Crippen LogP contribution in [0.3, 0.4) is 0 Å². The van der Waals surface area contributed by atoms with Crippen molar-refractivity contribution in [2.75, 3.05) is 6.54 Å². The third-order valence-corrected chi connectivity index (χ3v) is 2.34. The Kier molecular flexibility index (Phi) is 3.70. The summed E-state index contributed by atoms with van der Waals surface area (Å²) in [4.78, 5) is 0. The van der Waals surface area contributed by atoms with Crippen LogP contribution in [-0.4, -0.2) is 6.54 Å². The van der Waals surface area contributed by atoms with Crippen LogP contribution in [0.2, 0.25) is 0 Å². The summed E-state index contributed by atoms with van der Waals surface area (Å²) in [5.74, 6) is -0.0862. The monoisotopic (exact) mass is 201 g/mol. The van der Waals surface area contributed by atoms with Gasteiger partial charge in [0.15, 0.2) is 0 Å². The van der Waals surface area contributed by atoms with Crippen LogP contribution in [0.1, 0.15) is 24.4 Å². The van der Waals surface area contributed by atoms with E-state index in [-0.39, 0.29) is 24.3 Å². The first-order valence-corrected chi connectivity index (χ1v) is 4.36. The average Bonchev–Trinajstić information content (AvgIpc) is 2.57. The Morgan fingerprint density at radius 3 is 2.69 bits per heavy atom. The standard InChI is InChI=1S/C10H12FN.ClH/c11-9-5-2-1-4-8(9)10-6-3-7-12-10;/h1-2,4-5,10,12H,3,6-7H2;1H/t10-;/m0./s1. The predicted octanol–water partition coefficient (Wildman–Crippen LogP) is 2.67. The summed E-state index contributed by atoms with van der Waals surface area (Å²) in [6, 6.07) is 7.24. The van der Waals surface area contributed by atoms with Crippen molar-refractivity contribution in [1.29, 1.82) is 0 Å². The molecule has 0 radical (unpaired) electrons. The minimum absolute atomic E-state index is 0. The van der Waals surface area contributed by atoms with Crippen LogP contribution in [0.15, 0.2) is 24.3 Å². The number of halogens is 2. The molecule has 72 valence electrons. The summed E-state index contributed by atoms with van der Waals surface area (Å²) < 4.78 is 13.2. The fraction of sp³-hybridized carbons (Fsp3) is 0.400. The number of benzene rings is 1. The first-order valence-electron chi connectivity index (χ1n) is 4.36. The zero-order chi connectivity index (χ0) is 8.39. The van der Waals surface area contributed by atoms with Crippen molar-refractivity contribution in [3.05, 3.63) is 35.6 Å². The molecular formula is C10H13ClFN. The lowest BCUT2D eigenvalue weighted by Crippen LogP contribution is -2.13. The smallest absolute Gasteiger partial charge is 0.127 e. The van der Waals surface area contributed by atoms with Crippen molar-refractivity contribution >= 4 is 12.4 Å². The molecule has 2 rings (SSSR count). The van der Waals surface area contributed by atoms with Crippen molar-refractivity contribution in [2.45, 2.75) is 18.9 Å². The van der Waals surface area contributed by atoms with Gasteiger partial charge in [-0.3, -0.25) is 0 Å². The first-order chi connectivity index (χ1) is 5.88. The normalized spacial score (nSPS) is 21.2. The fourth-order valence-electron chi connectivity index (χ4n) is 1.71. The van der Waals surface area contributed by atoms with Crippen LogP contribution in [0.4, 0.5) is 4.39 Å². The molecule has 1 saturated heterocycles. The van der Waals surface area contributed by atoms with E-state index in [1.165, 1.54) is 6.07 Å². The summed E-state index contributed by atoms with van der Waals surface area (Å²) in [6.45, 7) is 1.01. The molecule has 1 N–H and O–H groups in total. The molecule has 0 aromatic heterocycles. The second kappa shape index (κ2) is 4.58. The zero-order valence-electron chi connectivity index (χ0n) is 7.29. The summed E-state index contributed by atoms with van der Waals surface area (Å²) >= 11 is 0. The highest BCUT2D eigenvalue weighted by molar-refractivity contribution is 5.85. The Bertz CT molecular complexity index is 271. The molecule has 1 heterocycles. The number of nitrogens with one attached hydrogen (secondary N) is 1. The Balaban J connectivity index is 0.000000845. The SMILES string of the molecule is Cl.Fc1ccccc1[C@@H]1CCCN1. The molecule has 0 bridgehead atoms. The van der Waals surface area contributed by atoms with E-state index in [1.807, 2.05) is 12.1 Å². The molecule has 1 aliphatic rings. The summed E-state index contributed by atoms with van der Waals surface area (Å²) in [6.07, 6.45) is 2.21. The third-order valence-electron chi connectivity index (χ3n) is 2.34. The van der Waals surface area contributed by atoms with Crippen molar-refractivity contribution in [2.24, 2.45) is 0 Å². The molecule has 13 heavy (non-hydrogen) atoms. The summed E-state index contributed by atoms with van der Waals surface area (Å²) in [5, 5.41) is 3.27. The molecule has 1 aromatic carbocycles. The Morgan fingerprint density at radius 2 is 2.08 bits per heavy atom. The van der Waals surface area contributed by atoms with E-state index in [1.54, 1.807) is 6.07 Å². The van der Waals surface area contributed by atoms with Gasteiger partial charge in [-0.25, -0.2) is 4.39 Å². The highest BCUT2D eigenvalue weighted by Crippen LogP contribution is 2.24. The van der Waals surface area contributed by atoms with Gasteiger partial charge in [0.1, 0.15) is 5.82 Å². The fourth-order valence-corrected chi connectivity index (χ4v) is 1.71. The van der Waals surface area contributed by atoms with Gasteiger partial charge in [0, 0.05) is 11.6 Å². The van der Waals surface area contributed by atoms with Gasteiger partial charge in [0.2, 0.25) is 0 Å². The molecule has 0 unspecified atom stereocenters. The van der Waals surface area contributed by atoms with E-state index in [4.69, 9.17) is 0 Å². The van der Waals surface area contributed by atoms with E-state index in [0.29, 0.717) is 0 Å². The second-order valence-corrected chi connectivity index (χ2v) is 3.17. The number of hydrogen-bond donors (Lipinski definition) is 1. The molecule has 1 fully saturated rings. The molecule has 0 spiro atoms. The van der Waals surface area contributed by atoms with Crippen LogP contribution < -0.4 is 5.32 Å². The van der Waals surface area contributed by atoms with Crippen LogP contribution in [0.5, 0.6) is 0 Å². The van der Waals surface area contributed by atoms with Gasteiger partial charge >= 0.3 is 0 Å². The Labute approximate surface area is 83.8 Å². The highest BCUT2D eigenvalue weighted by Gasteiger charge is 2.18. The van der Waals surface area contributed by atoms with E-state index >= 15 is 0 Å². The Hall–Kier alpha value is -0.600. The summed E-state index contributed by atoms with van der Waals surface area (Å²) in [5.41, 5.74) is 0.815. The minimum atomic E-state index is -0.0862. The second-order valence-electron chi connectivity index (χ2n) is 3.17. The average molecular weight is 202 g/mol. The molecule has 1 aromatic rings. The lowest BCUT2D eigenvalue weighted by atomic mass is 10.1. The largest absolute Gasteiger partial charge is 0.310 e. The van der Waals surface area contributed by atoms with Crippen molar-refractivity contribution in [3.8, 4) is 0 Å². The van der Waals surface area contributed by atoms with Gasteiger partial charge in [-0.2, -0.15) is 0 Å². The molecule has 1 nitrogen and oxygen atoms in total. The maximum atomic E-state index is 13.2. The van der Waals surface area contributed by atoms with Crippen molar-refractivity contribution in [1.82, 2.24) is 5.32 Å². The van der Waals surface area contributed by atoms with E-state index in [0.717, 1.165) is 24.9 Å². The first kappa shape index (κ1) is 10.5. The molecule has 0 amide bonds. The third kappa shape index (κ3) is 2.20. The van der Waals surface area contributed by atoms with Gasteiger partial charge in [-0.05, 0) is 25.5 Å². The van der Waals surface area contributed by atoms with E-state index < -0.39 is 0 Å². The highest BCUT2D eigenvalue weighted by atomic mass is 35.5. The summed E-state index contributed by atoms with van der Waals surface area (Å²) in [7, 11) is 0. The molecule has 1 aliphatic heterocycles. The molecule has 1 atom stereocenters. The molecule has 0 saturated carbocycles. The topological polar surface area (TPSA) is 12.0 Å². The molecular weight excluding hydrogens is 189 g/mol. The van der Waals surface area contributed by atoms with Gasteiger partial charge < -0.3 is 5.32 Å². The minimum Gasteiger partial charge on any atom is -0.310 e. The lowest BCUT2D eigenvalue weighted by Gasteiger charge is -2.10. The lowest BCUT2D eigenvalue weighted by molar-refractivity contribution is 0.559. The van der Waals surface area contributed by atoms with Gasteiger partial charge in [-0.1, -0.05) is 18.2 Å². The van der Waals surface area contributed by atoms with Crippen LogP contribution in [0.25, 0.3) is 0 Å². The van der Waals surface area contributed by atoms with Crippen LogP contribution in [0, 0.1) is 5.82 Å². The zero-order valence-corrected chi connectivity index (χ0v) is 8.11. The maximum Gasteiger partial charge on any atom is 0.127 e. The van der Waals surface area contributed by atoms with Crippen molar-refractivity contribution < 1.29 is 4.39 Å². The number of hydrogen-bond acceptors (Lipinski definition) is 1. The Morgan fingerprint density at radius 1 is 1.31 bits per heavy atom. The van der Waals surface area contributed by atoms with Gasteiger partial charge in [0.25, 0.3) is 0 Å². The molecule has 3 heteroatoms. The van der Waals surface area contributed by atoms with Crippen LogP contribution in [-0.2, 0) is 0 Å². The van der Waals surface area contributed by atoms with E-state index in [2.05, 4.69) is 5.32 Å². The van der Waals surface area contributed by atoms with Crippen LogP contribution >= 0.6 is 12.4 Å². The van der Waals surface area contributed by atoms with E-state index in [9.17, 15) is 4.39 Å².